The minimum Gasteiger partial charge on any atom is -0.322 e. The first kappa shape index (κ1) is 13.7. The first-order valence-corrected chi connectivity index (χ1v) is 6.86. The number of amides is 1. The van der Waals surface area contributed by atoms with Crippen LogP contribution in [0.2, 0.25) is 0 Å². The highest BCUT2D eigenvalue weighted by atomic mass is 32.1. The number of benzene rings is 1. The normalized spacial score (nSPS) is 12.1. The van der Waals surface area contributed by atoms with Crippen molar-refractivity contribution in [2.24, 2.45) is 0 Å². The number of thiophene rings is 1. The molecule has 19 heavy (non-hydrogen) atoms. The summed E-state index contributed by atoms with van der Waals surface area (Å²) in [6.45, 7) is 2.13. The number of para-hydroxylation sites is 1. The van der Waals surface area contributed by atoms with Gasteiger partial charge in [-0.05, 0) is 30.5 Å². The monoisotopic (exact) mass is 278 g/mol. The number of halogens is 1. The van der Waals surface area contributed by atoms with Crippen molar-refractivity contribution in [3.63, 3.8) is 0 Å². The molecule has 2 N–H and O–H groups in total. The van der Waals surface area contributed by atoms with Crippen molar-refractivity contribution in [1.29, 1.82) is 0 Å². The Hall–Kier alpha value is -1.72. The fourth-order valence-corrected chi connectivity index (χ4v) is 2.40. The van der Waals surface area contributed by atoms with E-state index in [1.54, 1.807) is 23.5 Å². The number of rotatable bonds is 5. The third-order valence-electron chi connectivity index (χ3n) is 2.69. The molecule has 2 rings (SSSR count). The maximum Gasteiger partial charge on any atom is 0.238 e. The minimum absolute atomic E-state index is 0.103. The van der Waals surface area contributed by atoms with Gasteiger partial charge in [0.05, 0.1) is 12.2 Å². The number of hydrogen-bond donors (Lipinski definition) is 2. The molecule has 0 saturated heterocycles. The van der Waals surface area contributed by atoms with E-state index in [4.69, 9.17) is 0 Å². The van der Waals surface area contributed by atoms with Crippen LogP contribution in [0.3, 0.4) is 0 Å². The van der Waals surface area contributed by atoms with Gasteiger partial charge in [-0.15, -0.1) is 11.3 Å². The van der Waals surface area contributed by atoms with Crippen molar-refractivity contribution in [3.8, 4) is 0 Å². The van der Waals surface area contributed by atoms with E-state index in [-0.39, 0.29) is 24.2 Å². The molecule has 1 aromatic heterocycles. The molecular weight excluding hydrogens is 263 g/mol. The largest absolute Gasteiger partial charge is 0.322 e. The smallest absolute Gasteiger partial charge is 0.238 e. The lowest BCUT2D eigenvalue weighted by atomic mass is 10.2. The van der Waals surface area contributed by atoms with Gasteiger partial charge >= 0.3 is 0 Å². The molecule has 0 spiro atoms. The molecule has 1 aromatic carbocycles. The van der Waals surface area contributed by atoms with Gasteiger partial charge in [0.25, 0.3) is 0 Å². The number of carbonyl (C=O) groups excluding carboxylic acids is 1. The van der Waals surface area contributed by atoms with Crippen molar-refractivity contribution in [2.75, 3.05) is 11.9 Å². The van der Waals surface area contributed by atoms with Crippen molar-refractivity contribution < 1.29 is 9.18 Å². The maximum atomic E-state index is 13.3. The summed E-state index contributed by atoms with van der Waals surface area (Å²) >= 11 is 1.63. The molecule has 5 heteroatoms. The molecule has 0 aliphatic carbocycles. The second kappa shape index (κ2) is 6.45. The summed E-state index contributed by atoms with van der Waals surface area (Å²) in [5.41, 5.74) is 0.207. The predicted octanol–water partition coefficient (Wildman–Crippen LogP) is 3.18. The van der Waals surface area contributed by atoms with Crippen LogP contribution in [-0.2, 0) is 4.79 Å². The van der Waals surface area contributed by atoms with Crippen LogP contribution in [-0.4, -0.2) is 12.5 Å². The predicted molar refractivity (Wildman–Crippen MR) is 75.8 cm³/mol. The van der Waals surface area contributed by atoms with Gasteiger partial charge in [0.15, 0.2) is 0 Å². The van der Waals surface area contributed by atoms with E-state index in [0.29, 0.717) is 0 Å². The van der Waals surface area contributed by atoms with E-state index in [1.807, 2.05) is 24.4 Å². The van der Waals surface area contributed by atoms with Gasteiger partial charge in [-0.2, -0.15) is 0 Å². The summed E-state index contributed by atoms with van der Waals surface area (Å²) in [6, 6.07) is 10.2. The van der Waals surface area contributed by atoms with Crippen LogP contribution in [0.15, 0.2) is 41.8 Å². The molecule has 100 valence electrons. The van der Waals surface area contributed by atoms with Crippen LogP contribution in [0, 0.1) is 5.82 Å². The van der Waals surface area contributed by atoms with Crippen LogP contribution in [0.25, 0.3) is 0 Å². The second-order valence-corrected chi connectivity index (χ2v) is 5.13. The molecule has 0 aliphatic heterocycles. The highest BCUT2D eigenvalue weighted by Crippen LogP contribution is 2.17. The summed E-state index contributed by atoms with van der Waals surface area (Å²) in [5.74, 6) is -0.685. The minimum atomic E-state index is -0.429. The summed E-state index contributed by atoms with van der Waals surface area (Å²) in [5, 5.41) is 7.63. The fourth-order valence-electron chi connectivity index (χ4n) is 1.64. The number of anilines is 1. The highest BCUT2D eigenvalue weighted by molar-refractivity contribution is 7.10. The molecule has 0 bridgehead atoms. The molecule has 0 saturated carbocycles. The van der Waals surface area contributed by atoms with E-state index in [9.17, 15) is 9.18 Å². The van der Waals surface area contributed by atoms with Crippen molar-refractivity contribution >= 4 is 22.9 Å². The summed E-state index contributed by atoms with van der Waals surface area (Å²) in [4.78, 5) is 12.9. The molecule has 0 radical (unpaired) electrons. The third-order valence-corrected chi connectivity index (χ3v) is 3.74. The van der Waals surface area contributed by atoms with Crippen molar-refractivity contribution in [3.05, 3.63) is 52.5 Å². The highest BCUT2D eigenvalue weighted by Gasteiger charge is 2.09. The molecule has 1 amide bonds. The zero-order valence-electron chi connectivity index (χ0n) is 10.5. The average molecular weight is 278 g/mol. The SMILES string of the molecule is C[C@@H](NCC(=O)Nc1ccccc1F)c1cccs1. The zero-order valence-corrected chi connectivity index (χ0v) is 11.3. The Balaban J connectivity index is 1.84. The maximum absolute atomic E-state index is 13.3. The number of hydrogen-bond acceptors (Lipinski definition) is 3. The fraction of sp³-hybridized carbons (Fsp3) is 0.214. The Morgan fingerprint density at radius 3 is 2.79 bits per heavy atom. The molecule has 1 heterocycles. The lowest BCUT2D eigenvalue weighted by Gasteiger charge is -2.12. The molecule has 3 nitrogen and oxygen atoms in total. The zero-order chi connectivity index (χ0) is 13.7. The van der Waals surface area contributed by atoms with Crippen molar-refractivity contribution in [2.45, 2.75) is 13.0 Å². The standard InChI is InChI=1S/C14H15FN2OS/c1-10(13-7-4-8-19-13)16-9-14(18)17-12-6-3-2-5-11(12)15/h2-8,10,16H,9H2,1H3,(H,17,18)/t10-/m1/s1. The van der Waals surface area contributed by atoms with Gasteiger partial charge in [-0.1, -0.05) is 18.2 Å². The first-order valence-electron chi connectivity index (χ1n) is 5.98. The Labute approximate surface area is 115 Å². The molecule has 0 unspecified atom stereocenters. The number of nitrogens with one attached hydrogen (secondary N) is 2. The van der Waals surface area contributed by atoms with E-state index < -0.39 is 5.82 Å². The number of carbonyl (C=O) groups is 1. The molecular formula is C14H15FN2OS. The third kappa shape index (κ3) is 3.87. The summed E-state index contributed by atoms with van der Waals surface area (Å²) in [6.07, 6.45) is 0. The average Bonchev–Trinajstić information content (AvgIpc) is 2.93. The van der Waals surface area contributed by atoms with Crippen LogP contribution in [0.4, 0.5) is 10.1 Å². The van der Waals surface area contributed by atoms with Crippen molar-refractivity contribution in [1.82, 2.24) is 5.32 Å². The van der Waals surface area contributed by atoms with Crippen LogP contribution >= 0.6 is 11.3 Å². The van der Waals surface area contributed by atoms with E-state index >= 15 is 0 Å². The Bertz CT molecular complexity index is 542. The van der Waals surface area contributed by atoms with Crippen LogP contribution < -0.4 is 10.6 Å². The Kier molecular flexibility index (Phi) is 4.65. The lowest BCUT2D eigenvalue weighted by Crippen LogP contribution is -2.30. The van der Waals surface area contributed by atoms with Gasteiger partial charge in [0.1, 0.15) is 5.82 Å². The van der Waals surface area contributed by atoms with Gasteiger partial charge < -0.3 is 10.6 Å². The Morgan fingerprint density at radius 2 is 2.11 bits per heavy atom. The topological polar surface area (TPSA) is 41.1 Å². The first-order chi connectivity index (χ1) is 9.16. The van der Waals surface area contributed by atoms with Gasteiger partial charge in [-0.3, -0.25) is 4.79 Å². The lowest BCUT2D eigenvalue weighted by molar-refractivity contribution is -0.115. The Morgan fingerprint density at radius 1 is 1.32 bits per heavy atom. The van der Waals surface area contributed by atoms with Gasteiger partial charge in [0.2, 0.25) is 5.91 Å². The summed E-state index contributed by atoms with van der Waals surface area (Å²) < 4.78 is 13.3. The van der Waals surface area contributed by atoms with Crippen LogP contribution in [0.5, 0.6) is 0 Å². The van der Waals surface area contributed by atoms with E-state index in [1.165, 1.54) is 17.0 Å². The van der Waals surface area contributed by atoms with Crippen LogP contribution in [0.1, 0.15) is 17.8 Å². The summed E-state index contributed by atoms with van der Waals surface area (Å²) in [7, 11) is 0. The second-order valence-electron chi connectivity index (χ2n) is 4.15. The van der Waals surface area contributed by atoms with E-state index in [2.05, 4.69) is 10.6 Å². The quantitative estimate of drug-likeness (QED) is 0.882. The molecule has 0 fully saturated rings. The molecule has 1 atom stereocenters. The van der Waals surface area contributed by atoms with Gasteiger partial charge in [-0.25, -0.2) is 4.39 Å². The molecule has 0 aliphatic rings. The van der Waals surface area contributed by atoms with E-state index in [0.717, 1.165) is 0 Å². The van der Waals surface area contributed by atoms with Gasteiger partial charge in [0, 0.05) is 10.9 Å². The molecule has 2 aromatic rings.